The molecule has 9 nitrogen and oxygen atoms in total. The molecule has 0 aliphatic carbocycles. The molecule has 0 saturated heterocycles. The summed E-state index contributed by atoms with van der Waals surface area (Å²) < 4.78 is 0. The van der Waals surface area contributed by atoms with Crippen LogP contribution in [0.4, 0.5) is 16.2 Å². The summed E-state index contributed by atoms with van der Waals surface area (Å²) in [5.74, 6) is -2.33. The summed E-state index contributed by atoms with van der Waals surface area (Å²) in [5, 5.41) is 17.1. The van der Waals surface area contributed by atoms with Crippen LogP contribution >= 0.6 is 0 Å². The number of carboxylic acids is 1. The molecular weight excluding hydrogens is 424 g/mol. The zero-order valence-electron chi connectivity index (χ0n) is 18.7. The van der Waals surface area contributed by atoms with Crippen LogP contribution in [0.5, 0.6) is 0 Å². The van der Waals surface area contributed by atoms with E-state index < -0.39 is 36.0 Å². The Morgan fingerprint density at radius 2 is 1.64 bits per heavy atom. The molecule has 3 rings (SSSR count). The van der Waals surface area contributed by atoms with Gasteiger partial charge in [-0.25, -0.2) is 4.79 Å². The van der Waals surface area contributed by atoms with E-state index in [4.69, 9.17) is 5.11 Å². The van der Waals surface area contributed by atoms with Crippen molar-refractivity contribution >= 4 is 35.2 Å². The molecule has 0 radical (unpaired) electrons. The average molecular weight is 453 g/mol. The van der Waals surface area contributed by atoms with Crippen LogP contribution in [0.2, 0.25) is 0 Å². The van der Waals surface area contributed by atoms with Gasteiger partial charge in [-0.3, -0.25) is 19.3 Å². The average Bonchev–Trinajstić information content (AvgIpc) is 2.77. The van der Waals surface area contributed by atoms with Gasteiger partial charge in [0.15, 0.2) is 0 Å². The number of carbonyl (C=O) groups is 4. The monoisotopic (exact) mass is 452 g/mol. The third kappa shape index (κ3) is 5.49. The minimum atomic E-state index is -1.19. The molecule has 4 N–H and O–H groups in total. The Labute approximate surface area is 192 Å². The molecular formula is C24H28N4O5. The van der Waals surface area contributed by atoms with E-state index in [1.807, 2.05) is 44.2 Å². The van der Waals surface area contributed by atoms with Crippen molar-refractivity contribution in [2.24, 2.45) is 5.92 Å². The molecule has 33 heavy (non-hydrogen) atoms. The number of hydrogen-bond acceptors (Lipinski definition) is 4. The lowest BCUT2D eigenvalue weighted by atomic mass is 9.98. The Balaban J connectivity index is 1.91. The fourth-order valence-electron chi connectivity index (χ4n) is 3.75. The maximum atomic E-state index is 13.5. The number of aliphatic carboxylic acids is 1. The standard InChI is InChI=1S/C24H28N4O5/c1-14(2)20-22(30)26-17-11-7-8-12-19(17)28(20)24(33)27-18(13-16-9-5-4-6-10-16)21(29)25-15(3)23(31)32/h4-12,14-15,18,20H,13H2,1-3H3,(H,25,29)(H,26,30)(H,27,33)(H,31,32)/t15-,18-,20+/m0/s1. The summed E-state index contributed by atoms with van der Waals surface area (Å²) in [6.45, 7) is 5.02. The number of carbonyl (C=O) groups excluding carboxylic acids is 3. The normalized spacial score (nSPS) is 16.9. The van der Waals surface area contributed by atoms with Gasteiger partial charge in [0.1, 0.15) is 18.1 Å². The molecule has 0 saturated carbocycles. The Hall–Kier alpha value is -3.88. The summed E-state index contributed by atoms with van der Waals surface area (Å²) in [7, 11) is 0. The molecule has 9 heteroatoms. The zero-order valence-corrected chi connectivity index (χ0v) is 18.7. The highest BCUT2D eigenvalue weighted by atomic mass is 16.4. The third-order valence-electron chi connectivity index (χ3n) is 5.44. The smallest absolute Gasteiger partial charge is 0.325 e. The first-order chi connectivity index (χ1) is 15.7. The number of benzene rings is 2. The van der Waals surface area contributed by atoms with Crippen LogP contribution in [0.1, 0.15) is 26.3 Å². The van der Waals surface area contributed by atoms with Crippen molar-refractivity contribution in [3.8, 4) is 0 Å². The summed E-state index contributed by atoms with van der Waals surface area (Å²) >= 11 is 0. The maximum Gasteiger partial charge on any atom is 0.325 e. The molecule has 0 bridgehead atoms. The Morgan fingerprint density at radius 3 is 2.27 bits per heavy atom. The van der Waals surface area contributed by atoms with Gasteiger partial charge in [-0.1, -0.05) is 56.3 Å². The maximum absolute atomic E-state index is 13.5. The van der Waals surface area contributed by atoms with Gasteiger partial charge in [0.25, 0.3) is 0 Å². The van der Waals surface area contributed by atoms with Gasteiger partial charge in [0.05, 0.1) is 11.4 Å². The predicted octanol–water partition coefficient (Wildman–Crippen LogP) is 2.38. The number of nitrogens with zero attached hydrogens (tertiary/aromatic N) is 1. The van der Waals surface area contributed by atoms with Crippen molar-refractivity contribution in [1.82, 2.24) is 10.6 Å². The van der Waals surface area contributed by atoms with Gasteiger partial charge in [-0.15, -0.1) is 0 Å². The summed E-state index contributed by atoms with van der Waals surface area (Å²) in [6.07, 6.45) is 0.152. The Morgan fingerprint density at radius 1 is 1.00 bits per heavy atom. The highest BCUT2D eigenvalue weighted by Crippen LogP contribution is 2.34. The molecule has 2 aromatic rings. The van der Waals surface area contributed by atoms with E-state index in [9.17, 15) is 19.2 Å². The van der Waals surface area contributed by atoms with Crippen molar-refractivity contribution in [3.05, 3.63) is 60.2 Å². The number of hydrogen-bond donors (Lipinski definition) is 4. The molecule has 1 aliphatic rings. The van der Waals surface area contributed by atoms with Crippen molar-refractivity contribution in [3.63, 3.8) is 0 Å². The molecule has 3 atom stereocenters. The fraction of sp³-hybridized carbons (Fsp3) is 0.333. The number of amides is 4. The van der Waals surface area contributed by atoms with E-state index >= 15 is 0 Å². The van der Waals surface area contributed by atoms with E-state index in [0.717, 1.165) is 5.56 Å². The molecule has 174 valence electrons. The van der Waals surface area contributed by atoms with Crippen molar-refractivity contribution < 1.29 is 24.3 Å². The lowest BCUT2D eigenvalue weighted by Gasteiger charge is -2.39. The van der Waals surface area contributed by atoms with Crippen molar-refractivity contribution in [2.75, 3.05) is 10.2 Å². The van der Waals surface area contributed by atoms with E-state index in [1.165, 1.54) is 11.8 Å². The van der Waals surface area contributed by atoms with Crippen LogP contribution < -0.4 is 20.9 Å². The molecule has 4 amide bonds. The second kappa shape index (κ2) is 10.2. The second-order valence-corrected chi connectivity index (χ2v) is 8.33. The van der Waals surface area contributed by atoms with E-state index in [0.29, 0.717) is 11.4 Å². The number of anilines is 2. The van der Waals surface area contributed by atoms with Crippen LogP contribution in [0.15, 0.2) is 54.6 Å². The van der Waals surface area contributed by atoms with E-state index in [2.05, 4.69) is 16.0 Å². The number of fused-ring (bicyclic) bond motifs is 1. The van der Waals surface area contributed by atoms with Gasteiger partial charge >= 0.3 is 12.0 Å². The SMILES string of the molecule is CC(C)[C@@H]1C(=O)Nc2ccccc2N1C(=O)N[C@@H](Cc1ccccc1)C(=O)N[C@@H](C)C(=O)O. The first kappa shape index (κ1) is 23.8. The molecule has 0 fully saturated rings. The van der Waals surface area contributed by atoms with Gasteiger partial charge < -0.3 is 21.1 Å². The number of carboxylic acid groups (broad SMARTS) is 1. The molecule has 2 aromatic carbocycles. The summed E-state index contributed by atoms with van der Waals surface area (Å²) in [6, 6.07) is 12.5. The number of nitrogens with one attached hydrogen (secondary N) is 3. The molecule has 0 unspecified atom stereocenters. The van der Waals surface area contributed by atoms with E-state index in [-0.39, 0.29) is 18.2 Å². The first-order valence-corrected chi connectivity index (χ1v) is 10.8. The van der Waals surface area contributed by atoms with Crippen LogP contribution in [-0.4, -0.2) is 47.0 Å². The lowest BCUT2D eigenvalue weighted by molar-refractivity contribution is -0.141. The fourth-order valence-corrected chi connectivity index (χ4v) is 3.75. The topological polar surface area (TPSA) is 128 Å². The summed E-state index contributed by atoms with van der Waals surface area (Å²) in [5.41, 5.74) is 1.81. The molecule has 1 heterocycles. The first-order valence-electron chi connectivity index (χ1n) is 10.8. The number of para-hydroxylation sites is 2. The molecule has 0 spiro atoms. The minimum Gasteiger partial charge on any atom is -0.480 e. The molecule has 0 aromatic heterocycles. The van der Waals surface area contributed by atoms with Crippen molar-refractivity contribution in [2.45, 2.75) is 45.3 Å². The predicted molar refractivity (Wildman–Crippen MR) is 124 cm³/mol. The number of rotatable bonds is 7. The van der Waals surface area contributed by atoms with Gasteiger partial charge in [-0.05, 0) is 30.5 Å². The second-order valence-electron chi connectivity index (χ2n) is 8.33. The lowest BCUT2D eigenvalue weighted by Crippen LogP contribution is -2.60. The minimum absolute atomic E-state index is 0.152. The van der Waals surface area contributed by atoms with Crippen molar-refractivity contribution in [1.29, 1.82) is 0 Å². The third-order valence-corrected chi connectivity index (χ3v) is 5.44. The van der Waals surface area contributed by atoms with Gasteiger partial charge in [0, 0.05) is 6.42 Å². The van der Waals surface area contributed by atoms with Gasteiger partial charge in [-0.2, -0.15) is 0 Å². The zero-order chi connectivity index (χ0) is 24.1. The Bertz CT molecular complexity index is 1040. The largest absolute Gasteiger partial charge is 0.480 e. The van der Waals surface area contributed by atoms with Gasteiger partial charge in [0.2, 0.25) is 11.8 Å². The quantitative estimate of drug-likeness (QED) is 0.513. The summed E-state index contributed by atoms with van der Waals surface area (Å²) in [4.78, 5) is 51.8. The van der Waals surface area contributed by atoms with Crippen LogP contribution in [0.25, 0.3) is 0 Å². The highest BCUT2D eigenvalue weighted by molar-refractivity contribution is 6.12. The highest BCUT2D eigenvalue weighted by Gasteiger charge is 2.40. The number of urea groups is 1. The Kier molecular flexibility index (Phi) is 7.32. The van der Waals surface area contributed by atoms with Crippen LogP contribution in [-0.2, 0) is 20.8 Å². The van der Waals surface area contributed by atoms with Crippen LogP contribution in [0, 0.1) is 5.92 Å². The van der Waals surface area contributed by atoms with Crippen LogP contribution in [0.3, 0.4) is 0 Å². The molecule has 1 aliphatic heterocycles. The van der Waals surface area contributed by atoms with E-state index in [1.54, 1.807) is 24.3 Å².